The molecule has 0 unspecified atom stereocenters. The van der Waals surface area contributed by atoms with Gasteiger partial charge in [-0.25, -0.2) is 0 Å². The molecule has 0 saturated heterocycles. The number of thiophene rings is 1. The van der Waals surface area contributed by atoms with Gasteiger partial charge in [0.15, 0.2) is 5.78 Å². The molecule has 19 heavy (non-hydrogen) atoms. The summed E-state index contributed by atoms with van der Waals surface area (Å²) in [6.07, 6.45) is 1.64. The number of Topliss-reactive ketones (excluding diaryl/α,β-unsaturated/α-hetero) is 1. The molecule has 1 amide bonds. The standard InChI is InChI=1S/C13H20N2O2S.ClH/c1-2-7-14-8-9-15-13(17)6-5-11(16)12-4-3-10-18-12;/h3-4,10,14H,2,5-9H2,1H3,(H,15,17);1H. The van der Waals surface area contributed by atoms with Gasteiger partial charge in [0.05, 0.1) is 4.88 Å². The largest absolute Gasteiger partial charge is 0.355 e. The molecule has 0 spiro atoms. The summed E-state index contributed by atoms with van der Waals surface area (Å²) in [5, 5.41) is 7.86. The molecule has 0 atom stereocenters. The Morgan fingerprint density at radius 2 is 2.00 bits per heavy atom. The van der Waals surface area contributed by atoms with Gasteiger partial charge in [0, 0.05) is 25.9 Å². The van der Waals surface area contributed by atoms with Gasteiger partial charge in [0.25, 0.3) is 0 Å². The Labute approximate surface area is 124 Å². The van der Waals surface area contributed by atoms with Crippen LogP contribution in [-0.2, 0) is 4.79 Å². The lowest BCUT2D eigenvalue weighted by Gasteiger charge is -2.05. The SMILES string of the molecule is CCCNCCNC(=O)CCC(=O)c1cccs1.Cl. The first-order chi connectivity index (χ1) is 8.74. The highest BCUT2D eigenvalue weighted by Crippen LogP contribution is 2.11. The first-order valence-electron chi connectivity index (χ1n) is 6.28. The number of hydrogen-bond donors (Lipinski definition) is 2. The molecule has 0 bridgehead atoms. The molecule has 0 fully saturated rings. The van der Waals surface area contributed by atoms with E-state index in [2.05, 4.69) is 17.6 Å². The van der Waals surface area contributed by atoms with Crippen molar-refractivity contribution in [3.63, 3.8) is 0 Å². The third-order valence-electron chi connectivity index (χ3n) is 2.43. The van der Waals surface area contributed by atoms with Gasteiger partial charge in [-0.15, -0.1) is 23.7 Å². The molecule has 1 rings (SSSR count). The van der Waals surface area contributed by atoms with Crippen LogP contribution in [0.2, 0.25) is 0 Å². The molecule has 108 valence electrons. The van der Waals surface area contributed by atoms with Crippen LogP contribution in [0.15, 0.2) is 17.5 Å². The first kappa shape index (κ1) is 18.1. The zero-order valence-corrected chi connectivity index (χ0v) is 12.7. The van der Waals surface area contributed by atoms with E-state index in [0.29, 0.717) is 6.54 Å². The average Bonchev–Trinajstić information content (AvgIpc) is 2.89. The fourth-order valence-corrected chi connectivity index (χ4v) is 2.16. The third kappa shape index (κ3) is 7.97. The van der Waals surface area contributed by atoms with Crippen molar-refractivity contribution in [2.75, 3.05) is 19.6 Å². The van der Waals surface area contributed by atoms with Crippen LogP contribution in [0, 0.1) is 0 Å². The lowest BCUT2D eigenvalue weighted by atomic mass is 10.2. The first-order valence-corrected chi connectivity index (χ1v) is 7.16. The second-order valence-electron chi connectivity index (χ2n) is 4.00. The van der Waals surface area contributed by atoms with Crippen LogP contribution in [0.1, 0.15) is 35.9 Å². The molecule has 1 aromatic heterocycles. The number of carbonyl (C=O) groups excluding carboxylic acids is 2. The summed E-state index contributed by atoms with van der Waals surface area (Å²) in [5.74, 6) is -0.0116. The van der Waals surface area contributed by atoms with E-state index in [4.69, 9.17) is 0 Å². The summed E-state index contributed by atoms with van der Waals surface area (Å²) < 4.78 is 0. The van der Waals surface area contributed by atoms with E-state index in [-0.39, 0.29) is 36.9 Å². The number of ketones is 1. The molecule has 0 saturated carbocycles. The van der Waals surface area contributed by atoms with Crippen LogP contribution in [0.4, 0.5) is 0 Å². The van der Waals surface area contributed by atoms with E-state index >= 15 is 0 Å². The smallest absolute Gasteiger partial charge is 0.220 e. The Kier molecular flexibility index (Phi) is 10.4. The predicted octanol–water partition coefficient (Wildman–Crippen LogP) is 2.25. The fourth-order valence-electron chi connectivity index (χ4n) is 1.47. The van der Waals surface area contributed by atoms with E-state index in [1.807, 2.05) is 11.4 Å². The normalized spacial score (nSPS) is 9.74. The lowest BCUT2D eigenvalue weighted by Crippen LogP contribution is -2.32. The van der Waals surface area contributed by atoms with Crippen LogP contribution in [0.25, 0.3) is 0 Å². The monoisotopic (exact) mass is 304 g/mol. The van der Waals surface area contributed by atoms with Crippen molar-refractivity contribution in [3.8, 4) is 0 Å². The molecule has 0 aliphatic carbocycles. The fraction of sp³-hybridized carbons (Fsp3) is 0.538. The maximum Gasteiger partial charge on any atom is 0.220 e. The van der Waals surface area contributed by atoms with Crippen molar-refractivity contribution < 1.29 is 9.59 Å². The maximum atomic E-state index is 11.6. The van der Waals surface area contributed by atoms with E-state index in [1.54, 1.807) is 6.07 Å². The summed E-state index contributed by atoms with van der Waals surface area (Å²) in [6, 6.07) is 3.64. The highest BCUT2D eigenvalue weighted by Gasteiger charge is 2.09. The van der Waals surface area contributed by atoms with Crippen LogP contribution >= 0.6 is 23.7 Å². The van der Waals surface area contributed by atoms with Gasteiger partial charge >= 0.3 is 0 Å². The highest BCUT2D eigenvalue weighted by molar-refractivity contribution is 7.12. The Bertz CT molecular complexity index is 369. The molecule has 0 radical (unpaired) electrons. The summed E-state index contributed by atoms with van der Waals surface area (Å²) in [6.45, 7) is 4.46. The molecule has 2 N–H and O–H groups in total. The zero-order chi connectivity index (χ0) is 13.2. The average molecular weight is 305 g/mol. The second kappa shape index (κ2) is 11.0. The van der Waals surface area contributed by atoms with Gasteiger partial charge < -0.3 is 10.6 Å². The molecule has 0 aliphatic rings. The Hall–Kier alpha value is -0.910. The second-order valence-corrected chi connectivity index (χ2v) is 4.95. The van der Waals surface area contributed by atoms with Crippen LogP contribution < -0.4 is 10.6 Å². The van der Waals surface area contributed by atoms with Gasteiger partial charge in [0.2, 0.25) is 5.91 Å². The van der Waals surface area contributed by atoms with Gasteiger partial charge in [-0.2, -0.15) is 0 Å². The molecular formula is C13H21ClN2O2S. The minimum atomic E-state index is -0.0572. The summed E-state index contributed by atoms with van der Waals surface area (Å²) in [4.78, 5) is 23.8. The number of rotatable bonds is 9. The summed E-state index contributed by atoms with van der Waals surface area (Å²) in [5.41, 5.74) is 0. The number of amides is 1. The van der Waals surface area contributed by atoms with Crippen molar-refractivity contribution in [1.82, 2.24) is 10.6 Å². The Morgan fingerprint density at radius 3 is 2.63 bits per heavy atom. The van der Waals surface area contributed by atoms with Crippen molar-refractivity contribution >= 4 is 35.4 Å². The van der Waals surface area contributed by atoms with E-state index in [9.17, 15) is 9.59 Å². The van der Waals surface area contributed by atoms with Gasteiger partial charge in [-0.05, 0) is 24.4 Å². The van der Waals surface area contributed by atoms with E-state index in [1.165, 1.54) is 11.3 Å². The summed E-state index contributed by atoms with van der Waals surface area (Å²) in [7, 11) is 0. The van der Waals surface area contributed by atoms with E-state index in [0.717, 1.165) is 24.4 Å². The third-order valence-corrected chi connectivity index (χ3v) is 3.34. The summed E-state index contributed by atoms with van der Waals surface area (Å²) >= 11 is 1.42. The van der Waals surface area contributed by atoms with Gasteiger partial charge in [-0.3, -0.25) is 9.59 Å². The minimum Gasteiger partial charge on any atom is -0.355 e. The lowest BCUT2D eigenvalue weighted by molar-refractivity contribution is -0.121. The van der Waals surface area contributed by atoms with Crippen molar-refractivity contribution in [1.29, 1.82) is 0 Å². The maximum absolute atomic E-state index is 11.6. The molecule has 4 nitrogen and oxygen atoms in total. The van der Waals surface area contributed by atoms with Crippen molar-refractivity contribution in [3.05, 3.63) is 22.4 Å². The number of nitrogens with one attached hydrogen (secondary N) is 2. The molecular weight excluding hydrogens is 284 g/mol. The molecule has 1 heterocycles. The Morgan fingerprint density at radius 1 is 1.21 bits per heavy atom. The number of hydrogen-bond acceptors (Lipinski definition) is 4. The molecule has 6 heteroatoms. The number of carbonyl (C=O) groups is 2. The molecule has 0 aromatic carbocycles. The van der Waals surface area contributed by atoms with Crippen molar-refractivity contribution in [2.45, 2.75) is 26.2 Å². The molecule has 0 aliphatic heterocycles. The topological polar surface area (TPSA) is 58.2 Å². The minimum absolute atomic E-state index is 0. The van der Waals surface area contributed by atoms with Crippen LogP contribution in [0.3, 0.4) is 0 Å². The van der Waals surface area contributed by atoms with E-state index < -0.39 is 0 Å². The van der Waals surface area contributed by atoms with Crippen LogP contribution in [0.5, 0.6) is 0 Å². The van der Waals surface area contributed by atoms with Crippen LogP contribution in [-0.4, -0.2) is 31.3 Å². The predicted molar refractivity (Wildman–Crippen MR) is 81.3 cm³/mol. The van der Waals surface area contributed by atoms with Crippen molar-refractivity contribution in [2.24, 2.45) is 0 Å². The highest BCUT2D eigenvalue weighted by atomic mass is 35.5. The van der Waals surface area contributed by atoms with Gasteiger partial charge in [0.1, 0.15) is 0 Å². The zero-order valence-electron chi connectivity index (χ0n) is 11.1. The quantitative estimate of drug-likeness (QED) is 0.543. The Balaban J connectivity index is 0.00000324. The molecule has 1 aromatic rings. The van der Waals surface area contributed by atoms with Gasteiger partial charge in [-0.1, -0.05) is 13.0 Å². The number of halogens is 1.